The molecule has 0 spiro atoms. The molecule has 1 aromatic carbocycles. The lowest BCUT2D eigenvalue weighted by molar-refractivity contribution is -0.143. The minimum Gasteiger partial charge on any atom is -0.494 e. The third-order valence-electron chi connectivity index (χ3n) is 4.05. The Morgan fingerprint density at radius 2 is 1.86 bits per heavy atom. The van der Waals surface area contributed by atoms with Crippen molar-refractivity contribution < 1.29 is 19.1 Å². The monoisotopic (exact) mass is 301 g/mol. The second-order valence-corrected chi connectivity index (χ2v) is 5.28. The molecule has 3 rings (SSSR count). The zero-order valence-electron chi connectivity index (χ0n) is 12.7. The number of imide groups is 1. The van der Waals surface area contributed by atoms with Gasteiger partial charge in [-0.1, -0.05) is 12.1 Å². The number of nitrogens with zero attached hydrogens (tertiary/aromatic N) is 1. The van der Waals surface area contributed by atoms with Gasteiger partial charge in [-0.05, 0) is 25.5 Å². The normalized spacial score (nSPS) is 23.3. The summed E-state index contributed by atoms with van der Waals surface area (Å²) in [6, 6.07) is 5.37. The smallest absolute Gasteiger partial charge is 0.254 e. The summed E-state index contributed by atoms with van der Waals surface area (Å²) in [5, 5.41) is 0. The molecule has 2 amide bonds. The molecule has 0 N–H and O–H groups in total. The molecule has 5 heteroatoms. The molecule has 116 valence electrons. The number of rotatable bonds is 5. The fourth-order valence-electron chi connectivity index (χ4n) is 3.24. The van der Waals surface area contributed by atoms with Crippen LogP contribution in [0.15, 0.2) is 30.4 Å². The number of fused-ring (bicyclic) bond motifs is 1. The molecule has 0 fully saturated rings. The summed E-state index contributed by atoms with van der Waals surface area (Å²) < 4.78 is 11.5. The standard InChI is InChI=1S/C17H19NO4/c1-3-21-13-7-5-6-11-12(13)10-14(22-4-2)17(11)18-15(19)8-9-16(18)20/h5-9,14,17H,3-4,10H2,1-2H3/t14-,17-/m0/s1. The van der Waals surface area contributed by atoms with Gasteiger partial charge in [0.2, 0.25) is 0 Å². The van der Waals surface area contributed by atoms with E-state index in [1.54, 1.807) is 0 Å². The van der Waals surface area contributed by atoms with Crippen molar-refractivity contribution in [1.82, 2.24) is 4.90 Å². The molecule has 1 aromatic rings. The second kappa shape index (κ2) is 5.93. The van der Waals surface area contributed by atoms with Crippen LogP contribution in [0.5, 0.6) is 5.75 Å². The van der Waals surface area contributed by atoms with E-state index in [0.717, 1.165) is 16.9 Å². The van der Waals surface area contributed by atoms with Gasteiger partial charge in [0, 0.05) is 30.7 Å². The highest BCUT2D eigenvalue weighted by Crippen LogP contribution is 2.42. The van der Waals surface area contributed by atoms with E-state index in [9.17, 15) is 9.59 Å². The van der Waals surface area contributed by atoms with Crippen LogP contribution in [0, 0.1) is 0 Å². The number of amides is 2. The fourth-order valence-corrected chi connectivity index (χ4v) is 3.24. The Bertz CT molecular complexity index is 620. The van der Waals surface area contributed by atoms with Crippen molar-refractivity contribution in [2.24, 2.45) is 0 Å². The molecule has 0 radical (unpaired) electrons. The fraction of sp³-hybridized carbons (Fsp3) is 0.412. The maximum absolute atomic E-state index is 12.1. The molecule has 1 heterocycles. The zero-order chi connectivity index (χ0) is 15.7. The van der Waals surface area contributed by atoms with E-state index in [1.165, 1.54) is 17.1 Å². The molecular weight excluding hydrogens is 282 g/mol. The SMILES string of the molecule is CCOc1cccc2c1C[C@H](OCC)[C@H]2N1C(=O)C=CC1=O. The summed E-state index contributed by atoms with van der Waals surface area (Å²) in [5.74, 6) is 0.239. The van der Waals surface area contributed by atoms with Crippen LogP contribution in [0.2, 0.25) is 0 Å². The molecule has 0 saturated heterocycles. The van der Waals surface area contributed by atoms with Crippen molar-refractivity contribution in [3.8, 4) is 5.75 Å². The minimum absolute atomic E-state index is 0.227. The van der Waals surface area contributed by atoms with E-state index < -0.39 is 0 Å². The molecule has 1 aliphatic heterocycles. The molecule has 0 saturated carbocycles. The van der Waals surface area contributed by atoms with E-state index in [-0.39, 0.29) is 24.0 Å². The van der Waals surface area contributed by atoms with Crippen LogP contribution in [0.25, 0.3) is 0 Å². The van der Waals surface area contributed by atoms with Gasteiger partial charge in [0.1, 0.15) is 5.75 Å². The van der Waals surface area contributed by atoms with Gasteiger partial charge in [-0.3, -0.25) is 14.5 Å². The highest BCUT2D eigenvalue weighted by Gasteiger charge is 2.43. The highest BCUT2D eigenvalue weighted by atomic mass is 16.5. The van der Waals surface area contributed by atoms with Gasteiger partial charge in [0.05, 0.1) is 18.8 Å². The Morgan fingerprint density at radius 3 is 2.50 bits per heavy atom. The van der Waals surface area contributed by atoms with Gasteiger partial charge in [-0.15, -0.1) is 0 Å². The molecule has 0 unspecified atom stereocenters. The first-order chi connectivity index (χ1) is 10.7. The number of benzene rings is 1. The third kappa shape index (κ3) is 2.31. The Kier molecular flexibility index (Phi) is 3.98. The average Bonchev–Trinajstić information content (AvgIpc) is 3.01. The van der Waals surface area contributed by atoms with Crippen molar-refractivity contribution in [3.05, 3.63) is 41.5 Å². The van der Waals surface area contributed by atoms with Gasteiger partial charge in [0.25, 0.3) is 11.8 Å². The number of hydrogen-bond acceptors (Lipinski definition) is 4. The maximum Gasteiger partial charge on any atom is 0.254 e. The molecular formula is C17H19NO4. The largest absolute Gasteiger partial charge is 0.494 e. The molecule has 0 bridgehead atoms. The molecule has 2 atom stereocenters. The number of carbonyl (C=O) groups is 2. The maximum atomic E-state index is 12.1. The van der Waals surface area contributed by atoms with Crippen molar-refractivity contribution >= 4 is 11.8 Å². The van der Waals surface area contributed by atoms with Crippen molar-refractivity contribution in [1.29, 1.82) is 0 Å². The first-order valence-electron chi connectivity index (χ1n) is 7.58. The van der Waals surface area contributed by atoms with Crippen LogP contribution in [0.4, 0.5) is 0 Å². The van der Waals surface area contributed by atoms with Crippen LogP contribution < -0.4 is 4.74 Å². The van der Waals surface area contributed by atoms with Crippen LogP contribution in [-0.2, 0) is 20.7 Å². The van der Waals surface area contributed by atoms with Crippen LogP contribution in [0.3, 0.4) is 0 Å². The Balaban J connectivity index is 2.03. The molecule has 22 heavy (non-hydrogen) atoms. The third-order valence-corrected chi connectivity index (χ3v) is 4.05. The van der Waals surface area contributed by atoms with E-state index in [0.29, 0.717) is 19.6 Å². The molecule has 0 aromatic heterocycles. The van der Waals surface area contributed by atoms with E-state index in [1.807, 2.05) is 32.0 Å². The van der Waals surface area contributed by atoms with Gasteiger partial charge in [-0.25, -0.2) is 0 Å². The zero-order valence-corrected chi connectivity index (χ0v) is 12.7. The van der Waals surface area contributed by atoms with Gasteiger partial charge in [-0.2, -0.15) is 0 Å². The van der Waals surface area contributed by atoms with E-state index in [2.05, 4.69) is 0 Å². The first-order valence-corrected chi connectivity index (χ1v) is 7.58. The minimum atomic E-state index is -0.384. The quantitative estimate of drug-likeness (QED) is 0.781. The summed E-state index contributed by atoms with van der Waals surface area (Å²) in [5.41, 5.74) is 1.97. The van der Waals surface area contributed by atoms with E-state index in [4.69, 9.17) is 9.47 Å². The van der Waals surface area contributed by atoms with Crippen LogP contribution in [0.1, 0.15) is 31.0 Å². The summed E-state index contributed by atoms with van der Waals surface area (Å²) in [6.07, 6.45) is 3.04. The van der Waals surface area contributed by atoms with Gasteiger partial charge in [0.15, 0.2) is 0 Å². The van der Waals surface area contributed by atoms with E-state index >= 15 is 0 Å². The number of hydrogen-bond donors (Lipinski definition) is 0. The Labute approximate surface area is 129 Å². The summed E-state index contributed by atoms with van der Waals surface area (Å²) in [6.45, 7) is 4.95. The van der Waals surface area contributed by atoms with Crippen LogP contribution >= 0.6 is 0 Å². The van der Waals surface area contributed by atoms with Crippen LogP contribution in [-0.4, -0.2) is 36.0 Å². The lowest BCUT2D eigenvalue weighted by Gasteiger charge is -2.28. The Hall–Kier alpha value is -2.14. The van der Waals surface area contributed by atoms with Crippen molar-refractivity contribution in [2.75, 3.05) is 13.2 Å². The second-order valence-electron chi connectivity index (χ2n) is 5.28. The highest BCUT2D eigenvalue weighted by molar-refractivity contribution is 6.13. The summed E-state index contributed by atoms with van der Waals surface area (Å²) in [4.78, 5) is 25.4. The first kappa shape index (κ1) is 14.8. The van der Waals surface area contributed by atoms with Crippen molar-refractivity contribution in [2.45, 2.75) is 32.4 Å². The average molecular weight is 301 g/mol. The lowest BCUT2D eigenvalue weighted by atomic mass is 10.1. The Morgan fingerprint density at radius 1 is 1.14 bits per heavy atom. The molecule has 1 aliphatic carbocycles. The predicted molar refractivity (Wildman–Crippen MR) is 80.5 cm³/mol. The summed E-state index contributed by atoms with van der Waals surface area (Å²) >= 11 is 0. The lowest BCUT2D eigenvalue weighted by Crippen LogP contribution is -2.39. The topological polar surface area (TPSA) is 55.8 Å². The summed E-state index contributed by atoms with van der Waals surface area (Å²) in [7, 11) is 0. The van der Waals surface area contributed by atoms with Gasteiger partial charge >= 0.3 is 0 Å². The molecule has 5 nitrogen and oxygen atoms in total. The number of carbonyl (C=O) groups excluding carboxylic acids is 2. The van der Waals surface area contributed by atoms with Crippen molar-refractivity contribution in [3.63, 3.8) is 0 Å². The predicted octanol–water partition coefficient (Wildman–Crippen LogP) is 2.01. The van der Waals surface area contributed by atoms with Gasteiger partial charge < -0.3 is 9.47 Å². The molecule has 2 aliphatic rings. The number of ether oxygens (including phenoxy) is 2.